The number of nitrogens with one attached hydrogen (secondary N) is 2. The Balaban J connectivity index is 0.00000288. The highest BCUT2D eigenvalue weighted by molar-refractivity contribution is 14.0. The number of carbonyl (C=O) groups excluding carboxylic acids is 1. The molecule has 1 unspecified atom stereocenters. The van der Waals surface area contributed by atoms with Crippen molar-refractivity contribution in [2.45, 2.75) is 25.2 Å². The molecule has 0 aromatic heterocycles. The van der Waals surface area contributed by atoms with Gasteiger partial charge in [-0.2, -0.15) is 0 Å². The fourth-order valence-electron chi connectivity index (χ4n) is 2.54. The summed E-state index contributed by atoms with van der Waals surface area (Å²) in [7, 11) is 3.06. The molecule has 1 aromatic carbocycles. The van der Waals surface area contributed by atoms with Crippen molar-refractivity contribution in [3.05, 3.63) is 35.6 Å². The minimum absolute atomic E-state index is 0. The number of nitrogens with zero attached hydrogens (tertiary/aromatic N) is 1. The largest absolute Gasteiger partial charge is 0.469 e. The zero-order valence-electron chi connectivity index (χ0n) is 14.3. The number of rotatable bonds is 6. The molecule has 0 spiro atoms. The van der Waals surface area contributed by atoms with Gasteiger partial charge in [-0.1, -0.05) is 19.1 Å². The van der Waals surface area contributed by atoms with Crippen LogP contribution in [0.3, 0.4) is 0 Å². The molecule has 0 saturated heterocycles. The zero-order valence-corrected chi connectivity index (χ0v) is 16.6. The van der Waals surface area contributed by atoms with E-state index in [-0.39, 0.29) is 47.1 Å². The van der Waals surface area contributed by atoms with E-state index in [1.54, 1.807) is 26.1 Å². The van der Waals surface area contributed by atoms with Crippen LogP contribution in [0.25, 0.3) is 0 Å². The van der Waals surface area contributed by atoms with Crippen LogP contribution in [0.1, 0.15) is 25.3 Å². The quantitative estimate of drug-likeness (QED) is 0.303. The monoisotopic (exact) mass is 449 g/mol. The first-order valence-electron chi connectivity index (χ1n) is 7.79. The van der Waals surface area contributed by atoms with E-state index in [0.717, 1.165) is 18.4 Å². The molecule has 1 aliphatic rings. The Morgan fingerprint density at radius 3 is 2.67 bits per heavy atom. The number of aliphatic imine (C=N–C) groups is 1. The minimum Gasteiger partial charge on any atom is -0.469 e. The van der Waals surface area contributed by atoms with Crippen LogP contribution in [0.15, 0.2) is 29.3 Å². The molecule has 7 heteroatoms. The normalized spacial score (nSPS) is 16.6. The highest BCUT2D eigenvalue weighted by Gasteiger charge is 2.44. The van der Waals surface area contributed by atoms with Crippen molar-refractivity contribution >= 4 is 35.9 Å². The second-order valence-corrected chi connectivity index (χ2v) is 6.02. The summed E-state index contributed by atoms with van der Waals surface area (Å²) in [6.45, 7) is 2.92. The summed E-state index contributed by atoms with van der Waals surface area (Å²) in [5.74, 6) is -0.0883. The Morgan fingerprint density at radius 1 is 1.42 bits per heavy atom. The van der Waals surface area contributed by atoms with Gasteiger partial charge in [-0.3, -0.25) is 9.79 Å². The van der Waals surface area contributed by atoms with Crippen molar-refractivity contribution in [2.24, 2.45) is 10.9 Å². The third kappa shape index (κ3) is 5.32. The Labute approximate surface area is 159 Å². The standard InChI is InChI=1S/C17H24FN3O2.HI/c1-12(15(22)23-3)10-20-16(19-2)21-11-17(7-8-17)13-5-4-6-14(18)9-13;/h4-6,9,12H,7-8,10-11H2,1-3H3,(H2,19,20,21);1H. The number of carbonyl (C=O) groups is 1. The highest BCUT2D eigenvalue weighted by Crippen LogP contribution is 2.47. The lowest BCUT2D eigenvalue weighted by Crippen LogP contribution is -2.43. The molecule has 2 rings (SSSR count). The molecule has 134 valence electrons. The van der Waals surface area contributed by atoms with Gasteiger partial charge in [0.15, 0.2) is 5.96 Å². The van der Waals surface area contributed by atoms with E-state index in [1.165, 1.54) is 13.2 Å². The molecule has 0 aliphatic heterocycles. The van der Waals surface area contributed by atoms with Gasteiger partial charge in [0, 0.05) is 25.6 Å². The van der Waals surface area contributed by atoms with Crippen LogP contribution in [-0.2, 0) is 14.9 Å². The third-order valence-corrected chi connectivity index (χ3v) is 4.29. The lowest BCUT2D eigenvalue weighted by atomic mass is 9.96. The number of benzene rings is 1. The third-order valence-electron chi connectivity index (χ3n) is 4.29. The van der Waals surface area contributed by atoms with Gasteiger partial charge in [-0.25, -0.2) is 4.39 Å². The van der Waals surface area contributed by atoms with E-state index in [0.29, 0.717) is 19.0 Å². The van der Waals surface area contributed by atoms with Crippen LogP contribution in [-0.4, -0.2) is 39.2 Å². The second kappa shape index (κ2) is 9.19. The van der Waals surface area contributed by atoms with Crippen molar-refractivity contribution in [1.29, 1.82) is 0 Å². The van der Waals surface area contributed by atoms with Crippen LogP contribution in [0.5, 0.6) is 0 Å². The van der Waals surface area contributed by atoms with E-state index in [1.807, 2.05) is 6.07 Å². The summed E-state index contributed by atoms with van der Waals surface area (Å²) in [5, 5.41) is 6.38. The Morgan fingerprint density at radius 2 is 2.12 bits per heavy atom. The maximum atomic E-state index is 13.4. The number of guanidine groups is 1. The molecule has 1 aliphatic carbocycles. The molecule has 0 amide bonds. The van der Waals surface area contributed by atoms with Gasteiger partial charge >= 0.3 is 5.97 Å². The zero-order chi connectivity index (χ0) is 16.9. The summed E-state index contributed by atoms with van der Waals surface area (Å²) < 4.78 is 18.1. The SMILES string of the molecule is CN=C(NCC(C)C(=O)OC)NCC1(c2cccc(F)c2)CC1.I. The minimum atomic E-state index is -0.258. The summed E-state index contributed by atoms with van der Waals surface area (Å²) in [5.41, 5.74) is 0.997. The van der Waals surface area contributed by atoms with E-state index >= 15 is 0 Å². The topological polar surface area (TPSA) is 62.7 Å². The van der Waals surface area contributed by atoms with E-state index < -0.39 is 0 Å². The molecule has 0 radical (unpaired) electrons. The maximum absolute atomic E-state index is 13.4. The van der Waals surface area contributed by atoms with E-state index in [4.69, 9.17) is 4.74 Å². The molecular weight excluding hydrogens is 424 g/mol. The molecule has 1 fully saturated rings. The summed E-state index contributed by atoms with van der Waals surface area (Å²) in [4.78, 5) is 15.6. The summed E-state index contributed by atoms with van der Waals surface area (Å²) in [6.07, 6.45) is 2.05. The Hall–Kier alpha value is -1.38. The molecule has 0 bridgehead atoms. The van der Waals surface area contributed by atoms with E-state index in [2.05, 4.69) is 15.6 Å². The number of hydrogen-bond acceptors (Lipinski definition) is 3. The first-order chi connectivity index (χ1) is 11.0. The molecule has 1 saturated carbocycles. The first-order valence-corrected chi connectivity index (χ1v) is 7.79. The number of esters is 1. The Kier molecular flexibility index (Phi) is 7.92. The molecular formula is C17H25FIN3O2. The van der Waals surface area contributed by atoms with Gasteiger partial charge < -0.3 is 15.4 Å². The van der Waals surface area contributed by atoms with Gasteiger partial charge in [0.25, 0.3) is 0 Å². The van der Waals surface area contributed by atoms with Crippen LogP contribution in [0.2, 0.25) is 0 Å². The molecule has 2 N–H and O–H groups in total. The average Bonchev–Trinajstić information content (AvgIpc) is 3.35. The number of halogens is 2. The van der Waals surface area contributed by atoms with Gasteiger partial charge in [0.05, 0.1) is 13.0 Å². The van der Waals surface area contributed by atoms with Gasteiger partial charge in [-0.05, 0) is 30.5 Å². The lowest BCUT2D eigenvalue weighted by molar-refractivity contribution is -0.144. The van der Waals surface area contributed by atoms with Crippen molar-refractivity contribution in [3.63, 3.8) is 0 Å². The summed E-state index contributed by atoms with van der Waals surface area (Å²) >= 11 is 0. The molecule has 24 heavy (non-hydrogen) atoms. The fourth-order valence-corrected chi connectivity index (χ4v) is 2.54. The van der Waals surface area contributed by atoms with E-state index in [9.17, 15) is 9.18 Å². The molecule has 0 heterocycles. The average molecular weight is 449 g/mol. The fraction of sp³-hybridized carbons (Fsp3) is 0.529. The van der Waals surface area contributed by atoms with Gasteiger partial charge in [0.2, 0.25) is 0 Å². The number of hydrogen-bond donors (Lipinski definition) is 2. The Bertz CT molecular complexity index is 591. The first kappa shape index (κ1) is 20.7. The highest BCUT2D eigenvalue weighted by atomic mass is 127. The van der Waals surface area contributed by atoms with Crippen LogP contribution in [0, 0.1) is 11.7 Å². The van der Waals surface area contributed by atoms with Crippen molar-refractivity contribution in [3.8, 4) is 0 Å². The number of methoxy groups -OCH3 is 1. The van der Waals surface area contributed by atoms with Crippen molar-refractivity contribution in [1.82, 2.24) is 10.6 Å². The van der Waals surface area contributed by atoms with Gasteiger partial charge in [-0.15, -0.1) is 24.0 Å². The predicted octanol–water partition coefficient (Wildman–Crippen LogP) is 2.45. The molecule has 1 aromatic rings. The smallest absolute Gasteiger partial charge is 0.310 e. The van der Waals surface area contributed by atoms with Crippen LogP contribution in [0.4, 0.5) is 4.39 Å². The van der Waals surface area contributed by atoms with Crippen molar-refractivity contribution < 1.29 is 13.9 Å². The van der Waals surface area contributed by atoms with Crippen molar-refractivity contribution in [2.75, 3.05) is 27.2 Å². The lowest BCUT2D eigenvalue weighted by Gasteiger charge is -2.20. The predicted molar refractivity (Wildman–Crippen MR) is 103 cm³/mol. The second-order valence-electron chi connectivity index (χ2n) is 6.02. The summed E-state index contributed by atoms with van der Waals surface area (Å²) in [6, 6.07) is 6.77. The number of ether oxygens (including phenoxy) is 1. The van der Waals surface area contributed by atoms with Crippen LogP contribution >= 0.6 is 24.0 Å². The molecule has 1 atom stereocenters. The maximum Gasteiger partial charge on any atom is 0.310 e. The molecule has 5 nitrogen and oxygen atoms in total. The van der Waals surface area contributed by atoms with Crippen LogP contribution < -0.4 is 10.6 Å². The van der Waals surface area contributed by atoms with Gasteiger partial charge in [0.1, 0.15) is 5.82 Å².